The van der Waals surface area contributed by atoms with Gasteiger partial charge in [0.1, 0.15) is 5.75 Å². The van der Waals surface area contributed by atoms with Gasteiger partial charge in [-0.05, 0) is 25.0 Å². The quantitative estimate of drug-likeness (QED) is 0.773. The van der Waals surface area contributed by atoms with Crippen LogP contribution in [0.5, 0.6) is 5.75 Å². The molecule has 0 spiro atoms. The van der Waals surface area contributed by atoms with E-state index >= 15 is 0 Å². The molecule has 0 saturated carbocycles. The lowest BCUT2D eigenvalue weighted by Crippen LogP contribution is -2.34. The summed E-state index contributed by atoms with van der Waals surface area (Å²) >= 11 is 0. The number of rotatable bonds is 5. The molecule has 2 rings (SSSR count). The summed E-state index contributed by atoms with van der Waals surface area (Å²) in [6.45, 7) is 4.16. The lowest BCUT2D eigenvalue weighted by atomic mass is 9.81. The van der Waals surface area contributed by atoms with Crippen LogP contribution in [0.1, 0.15) is 38.8 Å². The zero-order valence-electron chi connectivity index (χ0n) is 12.2. The summed E-state index contributed by atoms with van der Waals surface area (Å²) in [6, 6.07) is 3.55. The third kappa shape index (κ3) is 2.40. The van der Waals surface area contributed by atoms with Gasteiger partial charge in [-0.2, -0.15) is 0 Å². The molecule has 1 aromatic rings. The number of aromatic nitrogens is 1. The SMILES string of the molecule is CCC1(CC)CC(=O)N(Cc2ccc(OC)cn2)C1=O. The number of carbonyl (C=O) groups is 2. The topological polar surface area (TPSA) is 59.5 Å². The standard InChI is InChI=1S/C15H20N2O3/c1-4-15(5-2)8-13(18)17(14(15)19)10-11-6-7-12(20-3)9-16-11/h6-7,9H,4-5,8,10H2,1-3H3. The van der Waals surface area contributed by atoms with Gasteiger partial charge in [0.05, 0.1) is 31.0 Å². The van der Waals surface area contributed by atoms with E-state index in [1.807, 2.05) is 13.8 Å². The van der Waals surface area contributed by atoms with Crippen LogP contribution in [0.15, 0.2) is 18.3 Å². The molecular weight excluding hydrogens is 256 g/mol. The first kappa shape index (κ1) is 14.5. The summed E-state index contributed by atoms with van der Waals surface area (Å²) in [5, 5.41) is 0. The summed E-state index contributed by atoms with van der Waals surface area (Å²) in [5.74, 6) is 0.491. The number of imide groups is 1. The van der Waals surface area contributed by atoms with Crippen LogP contribution in [0.4, 0.5) is 0 Å². The van der Waals surface area contributed by atoms with Crippen molar-refractivity contribution in [3.05, 3.63) is 24.0 Å². The highest BCUT2D eigenvalue weighted by atomic mass is 16.5. The Morgan fingerprint density at radius 1 is 1.30 bits per heavy atom. The first-order valence-electron chi connectivity index (χ1n) is 6.90. The number of pyridine rings is 1. The molecule has 1 aliphatic rings. The fourth-order valence-electron chi connectivity index (χ4n) is 2.61. The molecule has 0 atom stereocenters. The smallest absolute Gasteiger partial charge is 0.236 e. The molecule has 20 heavy (non-hydrogen) atoms. The molecule has 0 unspecified atom stereocenters. The average Bonchev–Trinajstić information content (AvgIpc) is 2.72. The molecule has 108 valence electrons. The highest BCUT2D eigenvalue weighted by Crippen LogP contribution is 2.39. The fraction of sp³-hybridized carbons (Fsp3) is 0.533. The van der Waals surface area contributed by atoms with E-state index in [-0.39, 0.29) is 18.4 Å². The molecule has 0 radical (unpaired) electrons. The van der Waals surface area contributed by atoms with Crippen molar-refractivity contribution in [2.45, 2.75) is 39.7 Å². The van der Waals surface area contributed by atoms with Crippen molar-refractivity contribution in [1.82, 2.24) is 9.88 Å². The molecule has 1 saturated heterocycles. The van der Waals surface area contributed by atoms with Gasteiger partial charge < -0.3 is 4.74 Å². The van der Waals surface area contributed by atoms with Crippen molar-refractivity contribution in [1.29, 1.82) is 0 Å². The lowest BCUT2D eigenvalue weighted by Gasteiger charge is -2.23. The zero-order valence-corrected chi connectivity index (χ0v) is 12.2. The van der Waals surface area contributed by atoms with Crippen molar-refractivity contribution in [3.63, 3.8) is 0 Å². The first-order valence-corrected chi connectivity index (χ1v) is 6.90. The normalized spacial score (nSPS) is 17.6. The summed E-state index contributed by atoms with van der Waals surface area (Å²) in [5.41, 5.74) is 0.180. The van der Waals surface area contributed by atoms with E-state index < -0.39 is 5.41 Å². The van der Waals surface area contributed by atoms with Gasteiger partial charge in [-0.1, -0.05) is 13.8 Å². The van der Waals surface area contributed by atoms with Crippen molar-refractivity contribution < 1.29 is 14.3 Å². The molecule has 1 fully saturated rings. The summed E-state index contributed by atoms with van der Waals surface area (Å²) in [4.78, 5) is 30.1. The molecule has 2 amide bonds. The molecule has 5 nitrogen and oxygen atoms in total. The second-order valence-electron chi connectivity index (χ2n) is 5.14. The van der Waals surface area contributed by atoms with Crippen LogP contribution in [-0.4, -0.2) is 28.8 Å². The minimum Gasteiger partial charge on any atom is -0.495 e. The maximum absolute atomic E-state index is 12.5. The Kier molecular flexibility index (Phi) is 4.06. The van der Waals surface area contributed by atoms with E-state index in [1.165, 1.54) is 4.90 Å². The summed E-state index contributed by atoms with van der Waals surface area (Å²) < 4.78 is 5.04. The van der Waals surface area contributed by atoms with E-state index in [0.717, 1.165) is 0 Å². The van der Waals surface area contributed by atoms with Crippen LogP contribution in [-0.2, 0) is 16.1 Å². The van der Waals surface area contributed by atoms with Crippen LogP contribution < -0.4 is 4.74 Å². The average molecular weight is 276 g/mol. The van der Waals surface area contributed by atoms with Crippen LogP contribution in [0.25, 0.3) is 0 Å². The molecule has 1 aliphatic heterocycles. The highest BCUT2D eigenvalue weighted by molar-refractivity contribution is 6.05. The van der Waals surface area contributed by atoms with Crippen LogP contribution in [0.2, 0.25) is 0 Å². The Balaban J connectivity index is 2.16. The predicted octanol–water partition coefficient (Wildman–Crippen LogP) is 2.16. The second-order valence-corrected chi connectivity index (χ2v) is 5.14. The van der Waals surface area contributed by atoms with Crippen LogP contribution in [0.3, 0.4) is 0 Å². The minimum absolute atomic E-state index is 0.0647. The van der Waals surface area contributed by atoms with Crippen molar-refractivity contribution in [3.8, 4) is 5.75 Å². The van der Waals surface area contributed by atoms with E-state index in [2.05, 4.69) is 4.98 Å². The van der Waals surface area contributed by atoms with Gasteiger partial charge in [0.15, 0.2) is 0 Å². The van der Waals surface area contributed by atoms with Crippen LogP contribution >= 0.6 is 0 Å². The minimum atomic E-state index is -0.510. The monoisotopic (exact) mass is 276 g/mol. The number of hydrogen-bond acceptors (Lipinski definition) is 4. The van der Waals surface area contributed by atoms with Crippen LogP contribution in [0, 0.1) is 5.41 Å². The molecule has 0 aromatic carbocycles. The Bertz CT molecular complexity index is 506. The highest BCUT2D eigenvalue weighted by Gasteiger charge is 2.48. The van der Waals surface area contributed by atoms with Crippen molar-refractivity contribution in [2.75, 3.05) is 7.11 Å². The zero-order chi connectivity index (χ0) is 14.8. The Morgan fingerprint density at radius 2 is 2.00 bits per heavy atom. The fourth-order valence-corrected chi connectivity index (χ4v) is 2.61. The van der Waals surface area contributed by atoms with E-state index in [0.29, 0.717) is 30.7 Å². The third-order valence-electron chi connectivity index (χ3n) is 4.20. The molecule has 0 aliphatic carbocycles. The lowest BCUT2D eigenvalue weighted by molar-refractivity contribution is -0.142. The van der Waals surface area contributed by atoms with Gasteiger partial charge in [0.2, 0.25) is 11.8 Å². The number of likely N-dealkylation sites (tertiary alicyclic amines) is 1. The molecule has 1 aromatic heterocycles. The number of hydrogen-bond donors (Lipinski definition) is 0. The molecule has 0 N–H and O–H groups in total. The summed E-state index contributed by atoms with van der Waals surface area (Å²) in [7, 11) is 1.57. The molecular formula is C15H20N2O3. The van der Waals surface area contributed by atoms with E-state index in [4.69, 9.17) is 4.74 Å². The Hall–Kier alpha value is -1.91. The van der Waals surface area contributed by atoms with Gasteiger partial charge in [0.25, 0.3) is 0 Å². The third-order valence-corrected chi connectivity index (χ3v) is 4.20. The maximum atomic E-state index is 12.5. The predicted molar refractivity (Wildman–Crippen MR) is 74.0 cm³/mol. The van der Waals surface area contributed by atoms with Crippen molar-refractivity contribution in [2.24, 2.45) is 5.41 Å². The van der Waals surface area contributed by atoms with Gasteiger partial charge in [-0.3, -0.25) is 19.5 Å². The Morgan fingerprint density at radius 3 is 2.45 bits per heavy atom. The maximum Gasteiger partial charge on any atom is 0.236 e. The molecule has 2 heterocycles. The first-order chi connectivity index (χ1) is 9.56. The second kappa shape index (κ2) is 5.61. The Labute approximate surface area is 118 Å². The van der Waals surface area contributed by atoms with E-state index in [1.54, 1.807) is 25.4 Å². The molecule has 5 heteroatoms. The van der Waals surface area contributed by atoms with Crippen molar-refractivity contribution >= 4 is 11.8 Å². The number of amides is 2. The van der Waals surface area contributed by atoms with Gasteiger partial charge in [-0.25, -0.2) is 0 Å². The number of ether oxygens (including phenoxy) is 1. The van der Waals surface area contributed by atoms with Gasteiger partial charge in [0, 0.05) is 6.42 Å². The molecule has 0 bridgehead atoms. The van der Waals surface area contributed by atoms with Gasteiger partial charge >= 0.3 is 0 Å². The number of nitrogens with zero attached hydrogens (tertiary/aromatic N) is 2. The van der Waals surface area contributed by atoms with Gasteiger partial charge in [-0.15, -0.1) is 0 Å². The number of methoxy groups -OCH3 is 1. The summed E-state index contributed by atoms with van der Waals surface area (Å²) in [6.07, 6.45) is 3.30. The largest absolute Gasteiger partial charge is 0.495 e. The van der Waals surface area contributed by atoms with E-state index in [9.17, 15) is 9.59 Å². The number of carbonyl (C=O) groups excluding carboxylic acids is 2.